The number of hydrogen-bond donors (Lipinski definition) is 2. The van der Waals surface area contributed by atoms with Crippen LogP contribution in [0.4, 0.5) is 0 Å². The van der Waals surface area contributed by atoms with E-state index in [0.717, 1.165) is 11.0 Å². The Morgan fingerprint density at radius 3 is 2.73 bits per heavy atom. The molecule has 0 radical (unpaired) electrons. The highest BCUT2D eigenvalue weighted by atomic mass is 16.5. The number of nitrogens with zero attached hydrogens (tertiary/aromatic N) is 2. The maximum Gasteiger partial charge on any atom is 0.439 e. The highest BCUT2D eigenvalue weighted by Crippen LogP contribution is 2.15. The van der Waals surface area contributed by atoms with Gasteiger partial charge in [0.15, 0.2) is 5.82 Å². The molecular formula is C9H6N4O2. The zero-order valence-corrected chi connectivity index (χ0v) is 7.52. The van der Waals surface area contributed by atoms with E-state index >= 15 is 0 Å². The van der Waals surface area contributed by atoms with E-state index in [2.05, 4.69) is 24.6 Å². The normalized spacial score (nSPS) is 10.9. The van der Waals surface area contributed by atoms with Crippen molar-refractivity contribution in [3.05, 3.63) is 34.8 Å². The van der Waals surface area contributed by atoms with Gasteiger partial charge in [0.05, 0.1) is 11.0 Å². The molecule has 0 saturated carbocycles. The first-order valence-corrected chi connectivity index (χ1v) is 4.34. The van der Waals surface area contributed by atoms with Crippen molar-refractivity contribution in [1.29, 1.82) is 0 Å². The number of para-hydroxylation sites is 2. The monoisotopic (exact) mass is 202 g/mol. The molecule has 3 aromatic rings. The maximum absolute atomic E-state index is 10.8. The first kappa shape index (κ1) is 7.98. The minimum Gasteiger partial charge on any atom is -0.335 e. The summed E-state index contributed by atoms with van der Waals surface area (Å²) in [4.78, 5) is 20.4. The van der Waals surface area contributed by atoms with Crippen LogP contribution in [0.15, 0.2) is 33.6 Å². The molecule has 6 nitrogen and oxygen atoms in total. The van der Waals surface area contributed by atoms with Crippen molar-refractivity contribution in [1.82, 2.24) is 20.1 Å². The molecule has 2 heterocycles. The average molecular weight is 202 g/mol. The molecule has 0 spiro atoms. The molecule has 2 N–H and O–H groups in total. The Labute approximate surface area is 82.9 Å². The lowest BCUT2D eigenvalue weighted by Gasteiger charge is -1.82. The number of aromatic nitrogens is 4. The second kappa shape index (κ2) is 2.81. The number of rotatable bonds is 1. The van der Waals surface area contributed by atoms with Gasteiger partial charge in [0.1, 0.15) is 0 Å². The third-order valence-electron chi connectivity index (χ3n) is 2.05. The highest BCUT2D eigenvalue weighted by Gasteiger charge is 2.08. The number of H-pyrrole nitrogens is 2. The van der Waals surface area contributed by atoms with Crippen LogP contribution < -0.4 is 5.76 Å². The zero-order valence-electron chi connectivity index (χ0n) is 7.52. The lowest BCUT2D eigenvalue weighted by molar-refractivity contribution is 0.387. The van der Waals surface area contributed by atoms with Crippen molar-refractivity contribution < 1.29 is 4.52 Å². The molecular weight excluding hydrogens is 196 g/mol. The second-order valence-electron chi connectivity index (χ2n) is 3.05. The van der Waals surface area contributed by atoms with E-state index in [9.17, 15) is 4.79 Å². The minimum atomic E-state index is -0.592. The van der Waals surface area contributed by atoms with Gasteiger partial charge in [-0.2, -0.15) is 0 Å². The second-order valence-corrected chi connectivity index (χ2v) is 3.05. The Morgan fingerprint density at radius 1 is 1.13 bits per heavy atom. The number of aromatic amines is 2. The number of benzene rings is 1. The summed E-state index contributed by atoms with van der Waals surface area (Å²) in [6.45, 7) is 0. The van der Waals surface area contributed by atoms with Gasteiger partial charge >= 0.3 is 5.76 Å². The summed E-state index contributed by atoms with van der Waals surface area (Å²) in [5.74, 6) is 0.198. The van der Waals surface area contributed by atoms with Crippen LogP contribution in [-0.4, -0.2) is 20.1 Å². The molecule has 0 atom stereocenters. The van der Waals surface area contributed by atoms with Gasteiger partial charge in [-0.25, -0.2) is 9.78 Å². The average Bonchev–Trinajstić information content (AvgIpc) is 2.82. The molecule has 0 bridgehead atoms. The lowest BCUT2D eigenvalue weighted by Crippen LogP contribution is -1.95. The molecule has 74 valence electrons. The first-order chi connectivity index (χ1) is 7.33. The van der Waals surface area contributed by atoms with Gasteiger partial charge in [-0.3, -0.25) is 9.51 Å². The molecule has 0 fully saturated rings. The van der Waals surface area contributed by atoms with Gasteiger partial charge in [0, 0.05) is 0 Å². The summed E-state index contributed by atoms with van der Waals surface area (Å²) in [6, 6.07) is 7.55. The van der Waals surface area contributed by atoms with Crippen molar-refractivity contribution in [2.24, 2.45) is 0 Å². The first-order valence-electron chi connectivity index (χ1n) is 4.34. The van der Waals surface area contributed by atoms with Crippen LogP contribution >= 0.6 is 0 Å². The molecule has 0 unspecified atom stereocenters. The summed E-state index contributed by atoms with van der Waals surface area (Å²) in [7, 11) is 0. The Hall–Kier alpha value is -2.37. The molecule has 0 aliphatic rings. The molecule has 0 aliphatic carbocycles. The minimum absolute atomic E-state index is 0.302. The Kier molecular flexibility index (Phi) is 1.49. The maximum atomic E-state index is 10.8. The van der Waals surface area contributed by atoms with Crippen LogP contribution in [0.2, 0.25) is 0 Å². The molecule has 1 aromatic carbocycles. The molecule has 0 aliphatic heterocycles. The Balaban J connectivity index is 2.24. The number of imidazole rings is 1. The number of fused-ring (bicyclic) bond motifs is 1. The fraction of sp³-hybridized carbons (Fsp3) is 0. The highest BCUT2D eigenvalue weighted by molar-refractivity contribution is 5.77. The van der Waals surface area contributed by atoms with Gasteiger partial charge in [0.25, 0.3) is 0 Å². The summed E-state index contributed by atoms with van der Waals surface area (Å²) in [6.07, 6.45) is 0. The zero-order chi connectivity index (χ0) is 10.3. The topological polar surface area (TPSA) is 87.6 Å². The predicted octanol–water partition coefficient (Wildman–Crippen LogP) is 0.906. The van der Waals surface area contributed by atoms with E-state index in [1.165, 1.54) is 0 Å². The molecule has 3 rings (SSSR count). The largest absolute Gasteiger partial charge is 0.439 e. The van der Waals surface area contributed by atoms with Crippen LogP contribution in [0.3, 0.4) is 0 Å². The summed E-state index contributed by atoms with van der Waals surface area (Å²) >= 11 is 0. The van der Waals surface area contributed by atoms with E-state index in [0.29, 0.717) is 11.6 Å². The van der Waals surface area contributed by atoms with Crippen molar-refractivity contribution >= 4 is 11.0 Å². The van der Waals surface area contributed by atoms with Crippen LogP contribution in [-0.2, 0) is 0 Å². The van der Waals surface area contributed by atoms with E-state index in [-0.39, 0.29) is 0 Å². The number of nitrogens with one attached hydrogen (secondary N) is 2. The quantitative estimate of drug-likeness (QED) is 0.613. The van der Waals surface area contributed by atoms with Gasteiger partial charge in [-0.15, -0.1) is 0 Å². The lowest BCUT2D eigenvalue weighted by atomic mass is 10.3. The Morgan fingerprint density at radius 2 is 2.00 bits per heavy atom. The molecule has 0 amide bonds. The van der Waals surface area contributed by atoms with E-state index < -0.39 is 5.76 Å². The molecule has 6 heteroatoms. The van der Waals surface area contributed by atoms with Gasteiger partial charge in [-0.1, -0.05) is 17.3 Å². The van der Waals surface area contributed by atoms with Crippen LogP contribution in [0, 0.1) is 0 Å². The Bertz CT molecular complexity index is 631. The van der Waals surface area contributed by atoms with Crippen LogP contribution in [0.5, 0.6) is 0 Å². The summed E-state index contributed by atoms with van der Waals surface area (Å²) < 4.78 is 4.39. The number of hydrogen-bond acceptors (Lipinski definition) is 4. The van der Waals surface area contributed by atoms with Crippen molar-refractivity contribution in [3.8, 4) is 11.6 Å². The SMILES string of the molecule is O=c1[nH]c(-c2nc3ccccc3[nH]2)no1. The van der Waals surface area contributed by atoms with Gasteiger partial charge in [-0.05, 0) is 12.1 Å². The van der Waals surface area contributed by atoms with Crippen LogP contribution in [0.25, 0.3) is 22.7 Å². The summed E-state index contributed by atoms with van der Waals surface area (Å²) in [5, 5.41) is 3.54. The van der Waals surface area contributed by atoms with E-state index in [1.54, 1.807) is 0 Å². The van der Waals surface area contributed by atoms with Crippen molar-refractivity contribution in [2.75, 3.05) is 0 Å². The van der Waals surface area contributed by atoms with Gasteiger partial charge < -0.3 is 4.98 Å². The summed E-state index contributed by atoms with van der Waals surface area (Å²) in [5.41, 5.74) is 1.70. The van der Waals surface area contributed by atoms with E-state index in [1.807, 2.05) is 24.3 Å². The smallest absolute Gasteiger partial charge is 0.335 e. The standard InChI is InChI=1S/C9H6N4O2/c14-9-12-8(13-15-9)7-10-5-3-1-2-4-6(5)11-7/h1-4H,(H,10,11)(H,12,13,14). The molecule has 0 saturated heterocycles. The van der Waals surface area contributed by atoms with Crippen molar-refractivity contribution in [3.63, 3.8) is 0 Å². The fourth-order valence-corrected chi connectivity index (χ4v) is 1.40. The van der Waals surface area contributed by atoms with Gasteiger partial charge in [0.2, 0.25) is 5.82 Å². The third kappa shape index (κ3) is 1.23. The predicted molar refractivity (Wildman–Crippen MR) is 52.2 cm³/mol. The molecule has 2 aromatic heterocycles. The van der Waals surface area contributed by atoms with Crippen LogP contribution in [0.1, 0.15) is 0 Å². The van der Waals surface area contributed by atoms with Crippen molar-refractivity contribution in [2.45, 2.75) is 0 Å². The van der Waals surface area contributed by atoms with E-state index in [4.69, 9.17) is 0 Å². The third-order valence-corrected chi connectivity index (χ3v) is 2.05. The molecule has 15 heavy (non-hydrogen) atoms. The fourth-order valence-electron chi connectivity index (χ4n) is 1.40.